The lowest BCUT2D eigenvalue weighted by molar-refractivity contribution is -0.0501. The molecule has 1 aliphatic carbocycles. The molecule has 5 unspecified atom stereocenters. The summed E-state index contributed by atoms with van der Waals surface area (Å²) in [7, 11) is 0. The molecule has 1 saturated carbocycles. The lowest BCUT2D eigenvalue weighted by Gasteiger charge is -2.42. The van der Waals surface area contributed by atoms with Gasteiger partial charge in [-0.3, -0.25) is 4.57 Å². The number of hydrogen-bond acceptors (Lipinski definition) is 9. The van der Waals surface area contributed by atoms with Crippen LogP contribution in [-0.4, -0.2) is 69.7 Å². The van der Waals surface area contributed by atoms with Crippen molar-refractivity contribution < 1.29 is 20.1 Å². The number of nitrogens with zero attached hydrogens (tertiary/aromatic N) is 5. The summed E-state index contributed by atoms with van der Waals surface area (Å²) in [6, 6.07) is 6.21. The van der Waals surface area contributed by atoms with E-state index in [-0.39, 0.29) is 17.8 Å². The Morgan fingerprint density at radius 1 is 1.14 bits per heavy atom. The third-order valence-electron chi connectivity index (χ3n) is 9.74. The predicted molar refractivity (Wildman–Crippen MR) is 164 cm³/mol. The van der Waals surface area contributed by atoms with Crippen molar-refractivity contribution in [2.24, 2.45) is 23.7 Å². The number of aromatic nitrogens is 6. The SMILES string of the molecule is CC(C)CC(CC1OC(n2cnc3c(N)ncnc32)C(O)C1O)C1CC(CCc2nc3ccc(C(C)(C)CO)cc3[nH]2)C1. The second-order valence-electron chi connectivity index (χ2n) is 13.8. The van der Waals surface area contributed by atoms with E-state index in [1.165, 1.54) is 12.7 Å². The highest BCUT2D eigenvalue weighted by Gasteiger charge is 2.46. The zero-order valence-corrected chi connectivity index (χ0v) is 25.5. The lowest BCUT2D eigenvalue weighted by Crippen LogP contribution is -2.37. The molecule has 0 amide bonds. The van der Waals surface area contributed by atoms with Gasteiger partial charge in [0.1, 0.15) is 29.9 Å². The van der Waals surface area contributed by atoms with Gasteiger partial charge in [-0.1, -0.05) is 33.8 Å². The minimum absolute atomic E-state index is 0.0971. The Labute approximate surface area is 251 Å². The van der Waals surface area contributed by atoms with Gasteiger partial charge in [-0.25, -0.2) is 19.9 Å². The Kier molecular flexibility index (Phi) is 8.18. The molecule has 3 aromatic heterocycles. The normalized spacial score (nSPS) is 26.9. The molecule has 43 heavy (non-hydrogen) atoms. The first-order chi connectivity index (χ1) is 20.5. The first-order valence-corrected chi connectivity index (χ1v) is 15.6. The van der Waals surface area contributed by atoms with Crippen molar-refractivity contribution in [2.45, 2.75) is 96.2 Å². The van der Waals surface area contributed by atoms with E-state index in [1.54, 1.807) is 4.57 Å². The molecule has 1 aliphatic heterocycles. The Morgan fingerprint density at radius 3 is 2.67 bits per heavy atom. The third-order valence-corrected chi connectivity index (χ3v) is 9.74. The van der Waals surface area contributed by atoms with Crippen molar-refractivity contribution in [2.75, 3.05) is 12.3 Å². The number of rotatable bonds is 11. The van der Waals surface area contributed by atoms with Crippen LogP contribution in [0, 0.1) is 23.7 Å². The summed E-state index contributed by atoms with van der Waals surface area (Å²) in [4.78, 5) is 20.9. The van der Waals surface area contributed by atoms with Crippen molar-refractivity contribution in [1.29, 1.82) is 0 Å². The second kappa shape index (κ2) is 11.8. The summed E-state index contributed by atoms with van der Waals surface area (Å²) < 4.78 is 7.95. The van der Waals surface area contributed by atoms with E-state index in [2.05, 4.69) is 45.9 Å². The Hall–Kier alpha value is -3.12. The highest BCUT2D eigenvalue weighted by molar-refractivity contribution is 5.81. The van der Waals surface area contributed by atoms with Gasteiger partial charge in [0.15, 0.2) is 17.7 Å². The molecule has 6 rings (SSSR count). The van der Waals surface area contributed by atoms with Crippen LogP contribution in [0.2, 0.25) is 0 Å². The fourth-order valence-corrected chi connectivity index (χ4v) is 7.04. The van der Waals surface area contributed by atoms with E-state index in [0.717, 1.165) is 54.5 Å². The number of ether oxygens (including phenoxy) is 1. The molecule has 2 aliphatic rings. The summed E-state index contributed by atoms with van der Waals surface area (Å²) >= 11 is 0. The molecule has 0 radical (unpaired) electrons. The molecule has 4 aromatic rings. The number of H-pyrrole nitrogens is 1. The van der Waals surface area contributed by atoms with E-state index in [9.17, 15) is 15.3 Å². The molecule has 0 bridgehead atoms. The van der Waals surface area contributed by atoms with Gasteiger partial charge >= 0.3 is 0 Å². The van der Waals surface area contributed by atoms with Crippen molar-refractivity contribution in [3.05, 3.63) is 42.2 Å². The number of aliphatic hydroxyl groups is 3. The summed E-state index contributed by atoms with van der Waals surface area (Å²) in [5.41, 5.74) is 9.66. The third kappa shape index (κ3) is 5.87. The van der Waals surface area contributed by atoms with Crippen LogP contribution >= 0.6 is 0 Å². The maximum absolute atomic E-state index is 11.0. The fourth-order valence-electron chi connectivity index (χ4n) is 7.04. The topological polar surface area (TPSA) is 168 Å². The number of nitrogen functional groups attached to an aromatic ring is 1. The zero-order chi connectivity index (χ0) is 30.5. The summed E-state index contributed by atoms with van der Waals surface area (Å²) in [5, 5.41) is 31.7. The predicted octanol–water partition coefficient (Wildman–Crippen LogP) is 3.89. The van der Waals surface area contributed by atoms with Gasteiger partial charge in [-0.2, -0.15) is 0 Å². The average molecular weight is 592 g/mol. The number of hydrogen-bond donors (Lipinski definition) is 5. The maximum Gasteiger partial charge on any atom is 0.167 e. The number of aliphatic hydroxyl groups excluding tert-OH is 3. The number of nitrogens with one attached hydrogen (secondary N) is 1. The highest BCUT2D eigenvalue weighted by Crippen LogP contribution is 2.46. The van der Waals surface area contributed by atoms with Crippen LogP contribution in [0.4, 0.5) is 5.82 Å². The van der Waals surface area contributed by atoms with E-state index < -0.39 is 24.5 Å². The Morgan fingerprint density at radius 2 is 1.93 bits per heavy atom. The molecule has 6 N–H and O–H groups in total. The van der Waals surface area contributed by atoms with Crippen molar-refractivity contribution in [3.63, 3.8) is 0 Å². The van der Waals surface area contributed by atoms with Gasteiger partial charge < -0.3 is 30.8 Å². The molecule has 4 heterocycles. The summed E-state index contributed by atoms with van der Waals surface area (Å²) in [5.74, 6) is 3.42. The molecule has 1 saturated heterocycles. The van der Waals surface area contributed by atoms with Crippen LogP contribution in [0.15, 0.2) is 30.9 Å². The Bertz CT molecular complexity index is 1560. The summed E-state index contributed by atoms with van der Waals surface area (Å²) in [6.07, 6.45) is 5.60. The van der Waals surface area contributed by atoms with Crippen molar-refractivity contribution in [3.8, 4) is 0 Å². The fraction of sp³-hybridized carbons (Fsp3) is 0.625. The molecular formula is C32H45N7O4. The van der Waals surface area contributed by atoms with Crippen LogP contribution in [0.5, 0.6) is 0 Å². The van der Waals surface area contributed by atoms with Crippen LogP contribution in [0.25, 0.3) is 22.2 Å². The molecule has 5 atom stereocenters. The lowest BCUT2D eigenvalue weighted by atomic mass is 9.64. The van der Waals surface area contributed by atoms with E-state index in [0.29, 0.717) is 41.3 Å². The van der Waals surface area contributed by atoms with Gasteiger partial charge in [0.2, 0.25) is 0 Å². The standard InChI is InChI=1S/C32H45N7O4/c1-17(2)9-19(12-24-27(41)28(42)31(43-24)39-16-36-26-29(33)34-15-35-30(26)39)20-10-18(11-20)5-8-25-37-22-7-6-21(13-23(22)38-25)32(3,4)14-40/h6-7,13,15-20,24,27-28,31,40-42H,5,8-12,14H2,1-4H3,(H,37,38)(H2,33,34,35). The molecule has 11 heteroatoms. The van der Waals surface area contributed by atoms with Crippen LogP contribution < -0.4 is 5.73 Å². The number of aromatic amines is 1. The maximum atomic E-state index is 11.0. The van der Waals surface area contributed by atoms with Crippen LogP contribution in [-0.2, 0) is 16.6 Å². The highest BCUT2D eigenvalue weighted by atomic mass is 16.6. The van der Waals surface area contributed by atoms with Crippen LogP contribution in [0.3, 0.4) is 0 Å². The number of benzene rings is 1. The smallest absolute Gasteiger partial charge is 0.167 e. The van der Waals surface area contributed by atoms with Gasteiger partial charge in [-0.15, -0.1) is 0 Å². The molecule has 0 spiro atoms. The van der Waals surface area contributed by atoms with E-state index in [4.69, 9.17) is 15.5 Å². The number of anilines is 1. The first-order valence-electron chi connectivity index (χ1n) is 15.6. The van der Waals surface area contributed by atoms with Gasteiger partial charge in [0.05, 0.1) is 30.1 Å². The molecule has 11 nitrogen and oxygen atoms in total. The van der Waals surface area contributed by atoms with Gasteiger partial charge in [0.25, 0.3) is 0 Å². The molecule has 232 valence electrons. The largest absolute Gasteiger partial charge is 0.395 e. The van der Waals surface area contributed by atoms with Crippen LogP contribution in [0.1, 0.15) is 77.4 Å². The van der Waals surface area contributed by atoms with E-state index in [1.807, 2.05) is 19.9 Å². The molecule has 2 fully saturated rings. The van der Waals surface area contributed by atoms with E-state index >= 15 is 0 Å². The number of aryl methyl sites for hydroxylation is 1. The van der Waals surface area contributed by atoms with Gasteiger partial charge in [-0.05, 0) is 73.5 Å². The van der Waals surface area contributed by atoms with Crippen molar-refractivity contribution in [1.82, 2.24) is 29.5 Å². The average Bonchev–Trinajstić information content (AvgIpc) is 3.64. The van der Waals surface area contributed by atoms with Gasteiger partial charge in [0, 0.05) is 11.8 Å². The number of nitrogens with two attached hydrogens (primary N) is 1. The first kappa shape index (κ1) is 29.9. The Balaban J connectivity index is 1.06. The number of fused-ring (bicyclic) bond motifs is 2. The zero-order valence-electron chi connectivity index (χ0n) is 25.5. The quantitative estimate of drug-likeness (QED) is 0.174. The number of imidazole rings is 2. The summed E-state index contributed by atoms with van der Waals surface area (Å²) in [6.45, 7) is 8.66. The molecular weight excluding hydrogens is 546 g/mol. The monoisotopic (exact) mass is 591 g/mol. The molecule has 1 aromatic carbocycles. The minimum Gasteiger partial charge on any atom is -0.395 e. The van der Waals surface area contributed by atoms with Crippen molar-refractivity contribution >= 4 is 28.0 Å². The second-order valence-corrected chi connectivity index (χ2v) is 13.8. The minimum atomic E-state index is -1.10.